The quantitative estimate of drug-likeness (QED) is 0.340. The minimum absolute atomic E-state index is 0.0554. The van der Waals surface area contributed by atoms with Crippen molar-refractivity contribution in [2.24, 2.45) is 5.92 Å². The highest BCUT2D eigenvalue weighted by Gasteiger charge is 2.38. The lowest BCUT2D eigenvalue weighted by Gasteiger charge is -2.38. The van der Waals surface area contributed by atoms with E-state index >= 15 is 0 Å². The summed E-state index contributed by atoms with van der Waals surface area (Å²) in [6.45, 7) is 0.579. The van der Waals surface area contributed by atoms with E-state index in [2.05, 4.69) is 20.6 Å². The fraction of sp³-hybridized carbons (Fsp3) is 0.333. The molecule has 4 N–H and O–H groups in total. The molecule has 2 atom stereocenters. The van der Waals surface area contributed by atoms with Gasteiger partial charge in [0.15, 0.2) is 0 Å². The molecule has 1 aliphatic rings. The van der Waals surface area contributed by atoms with E-state index in [-0.39, 0.29) is 13.1 Å². The van der Waals surface area contributed by atoms with E-state index in [4.69, 9.17) is 4.74 Å². The summed E-state index contributed by atoms with van der Waals surface area (Å²) in [7, 11) is -2.23. The monoisotopic (exact) mass is 528 g/mol. The lowest BCUT2D eigenvalue weighted by atomic mass is 9.91. The number of carboxylic acid groups (broad SMARTS) is 1. The first-order valence-corrected chi connectivity index (χ1v) is 13.4. The molecule has 2 amide bonds. The molecule has 2 unspecified atom stereocenters. The van der Waals surface area contributed by atoms with Crippen LogP contribution in [0, 0.1) is 5.92 Å². The standard InChI is InChI=1S/C24H28N6O6S/c1-36-17-7-4-6-16(11-17)28-22-21-15(5-3-8-19(21)26-14-27-22)13-30(24(32)33)20-9-10-25-12-18(20)23(31)29-37(2,34)35/h3-8,11,14,18,20,25H,9-10,12-13H2,1-2H3,(H,29,31)(H,32,33)(H,26,27,28). The largest absolute Gasteiger partial charge is 0.497 e. The molecule has 0 aliphatic carbocycles. The number of hydrogen-bond donors (Lipinski definition) is 4. The molecule has 2 heterocycles. The second-order valence-corrected chi connectivity index (χ2v) is 10.5. The molecule has 37 heavy (non-hydrogen) atoms. The summed E-state index contributed by atoms with van der Waals surface area (Å²) in [5, 5.41) is 17.1. The van der Waals surface area contributed by atoms with Gasteiger partial charge in [-0.15, -0.1) is 0 Å². The number of carbonyl (C=O) groups is 2. The number of hydrogen-bond acceptors (Lipinski definition) is 9. The Morgan fingerprint density at radius 2 is 2.00 bits per heavy atom. The molecule has 1 fully saturated rings. The lowest BCUT2D eigenvalue weighted by Crippen LogP contribution is -2.56. The van der Waals surface area contributed by atoms with E-state index in [0.717, 1.165) is 11.9 Å². The average Bonchev–Trinajstić information content (AvgIpc) is 2.86. The highest BCUT2D eigenvalue weighted by atomic mass is 32.2. The van der Waals surface area contributed by atoms with Gasteiger partial charge in [-0.05, 0) is 36.7 Å². The average molecular weight is 529 g/mol. The highest BCUT2D eigenvalue weighted by molar-refractivity contribution is 7.89. The van der Waals surface area contributed by atoms with Gasteiger partial charge in [0.1, 0.15) is 17.9 Å². The lowest BCUT2D eigenvalue weighted by molar-refractivity contribution is -0.125. The van der Waals surface area contributed by atoms with Crippen LogP contribution in [0.4, 0.5) is 16.3 Å². The Hall–Kier alpha value is -3.97. The van der Waals surface area contributed by atoms with Crippen molar-refractivity contribution in [3.8, 4) is 5.75 Å². The number of sulfonamides is 1. The molecule has 0 bridgehead atoms. The fourth-order valence-corrected chi connectivity index (χ4v) is 5.02. The maximum atomic E-state index is 12.7. The zero-order valence-corrected chi connectivity index (χ0v) is 21.2. The molecule has 1 saturated heterocycles. The van der Waals surface area contributed by atoms with Gasteiger partial charge in [-0.2, -0.15) is 0 Å². The Bertz CT molecular complexity index is 1410. The zero-order chi connectivity index (χ0) is 26.6. The Kier molecular flexibility index (Phi) is 7.74. The van der Waals surface area contributed by atoms with Crippen molar-refractivity contribution in [2.45, 2.75) is 19.0 Å². The van der Waals surface area contributed by atoms with Crippen molar-refractivity contribution in [1.29, 1.82) is 0 Å². The molecular weight excluding hydrogens is 500 g/mol. The first-order valence-electron chi connectivity index (χ1n) is 11.5. The van der Waals surface area contributed by atoms with E-state index in [1.54, 1.807) is 31.4 Å². The van der Waals surface area contributed by atoms with Crippen LogP contribution in [0.2, 0.25) is 0 Å². The van der Waals surface area contributed by atoms with Gasteiger partial charge in [0.2, 0.25) is 15.9 Å². The molecule has 3 aromatic rings. The number of anilines is 2. The summed E-state index contributed by atoms with van der Waals surface area (Å²) in [6, 6.07) is 11.9. The Morgan fingerprint density at radius 3 is 2.73 bits per heavy atom. The molecule has 13 heteroatoms. The molecule has 1 aliphatic heterocycles. The number of nitrogens with one attached hydrogen (secondary N) is 3. The molecule has 2 aromatic carbocycles. The summed E-state index contributed by atoms with van der Waals surface area (Å²) in [6.07, 6.45) is 1.42. The molecule has 0 spiro atoms. The number of fused-ring (bicyclic) bond motifs is 1. The van der Waals surface area contributed by atoms with Crippen molar-refractivity contribution in [2.75, 3.05) is 31.8 Å². The summed E-state index contributed by atoms with van der Waals surface area (Å²) in [4.78, 5) is 35.1. The minimum atomic E-state index is -3.80. The third-order valence-electron chi connectivity index (χ3n) is 6.14. The number of aromatic nitrogens is 2. The Labute approximate surface area is 214 Å². The third-order valence-corrected chi connectivity index (χ3v) is 6.71. The van der Waals surface area contributed by atoms with Crippen molar-refractivity contribution in [3.63, 3.8) is 0 Å². The van der Waals surface area contributed by atoms with Crippen LogP contribution in [0.15, 0.2) is 48.8 Å². The summed E-state index contributed by atoms with van der Waals surface area (Å²) in [5.74, 6) is -0.492. The Morgan fingerprint density at radius 1 is 1.22 bits per heavy atom. The maximum absolute atomic E-state index is 12.7. The molecule has 0 saturated carbocycles. The number of benzene rings is 2. The molecule has 0 radical (unpaired) electrons. The van der Waals surface area contributed by atoms with E-state index in [1.807, 2.05) is 22.9 Å². The highest BCUT2D eigenvalue weighted by Crippen LogP contribution is 2.30. The van der Waals surface area contributed by atoms with E-state index in [1.165, 1.54) is 11.2 Å². The molecule has 1 aromatic heterocycles. The van der Waals surface area contributed by atoms with Crippen LogP contribution in [-0.2, 0) is 21.4 Å². The normalized spacial score (nSPS) is 17.7. The van der Waals surface area contributed by atoms with Crippen LogP contribution >= 0.6 is 0 Å². The number of carbonyl (C=O) groups excluding carboxylic acids is 1. The van der Waals surface area contributed by atoms with E-state index < -0.39 is 34.0 Å². The van der Waals surface area contributed by atoms with Crippen molar-refractivity contribution < 1.29 is 27.9 Å². The fourth-order valence-electron chi connectivity index (χ4n) is 4.50. The van der Waals surface area contributed by atoms with Crippen molar-refractivity contribution >= 4 is 44.4 Å². The smallest absolute Gasteiger partial charge is 0.407 e. The predicted octanol–water partition coefficient (Wildman–Crippen LogP) is 1.92. The number of amides is 2. The van der Waals surface area contributed by atoms with Gasteiger partial charge in [0.25, 0.3) is 0 Å². The second-order valence-electron chi connectivity index (χ2n) is 8.71. The van der Waals surface area contributed by atoms with Crippen LogP contribution in [0.1, 0.15) is 12.0 Å². The van der Waals surface area contributed by atoms with Gasteiger partial charge in [0, 0.05) is 29.7 Å². The van der Waals surface area contributed by atoms with Gasteiger partial charge in [-0.1, -0.05) is 18.2 Å². The number of ether oxygens (including phenoxy) is 1. The Balaban J connectivity index is 1.70. The number of rotatable bonds is 8. The zero-order valence-electron chi connectivity index (χ0n) is 20.3. The first-order chi connectivity index (χ1) is 17.7. The van der Waals surface area contributed by atoms with Crippen LogP contribution in [0.3, 0.4) is 0 Å². The summed E-state index contributed by atoms with van der Waals surface area (Å²) in [5.41, 5.74) is 1.96. The SMILES string of the molecule is COc1cccc(Nc2ncnc3cccc(CN(C(=O)O)C4CCNCC4C(=O)NS(C)(=O)=O)c23)c1. The summed E-state index contributed by atoms with van der Waals surface area (Å²) < 4.78 is 30.6. The predicted molar refractivity (Wildman–Crippen MR) is 137 cm³/mol. The molecule has 196 valence electrons. The van der Waals surface area contributed by atoms with Gasteiger partial charge >= 0.3 is 6.09 Å². The van der Waals surface area contributed by atoms with Gasteiger partial charge in [-0.3, -0.25) is 9.52 Å². The molecular formula is C24H28N6O6S. The summed E-state index contributed by atoms with van der Waals surface area (Å²) >= 11 is 0. The van der Waals surface area contributed by atoms with Crippen LogP contribution < -0.4 is 20.1 Å². The molecule has 12 nitrogen and oxygen atoms in total. The van der Waals surface area contributed by atoms with E-state index in [9.17, 15) is 23.1 Å². The van der Waals surface area contributed by atoms with Crippen molar-refractivity contribution in [1.82, 2.24) is 24.9 Å². The van der Waals surface area contributed by atoms with Gasteiger partial charge < -0.3 is 25.4 Å². The minimum Gasteiger partial charge on any atom is -0.497 e. The van der Waals surface area contributed by atoms with E-state index in [0.29, 0.717) is 41.0 Å². The van der Waals surface area contributed by atoms with Gasteiger partial charge in [-0.25, -0.2) is 23.2 Å². The van der Waals surface area contributed by atoms with Crippen LogP contribution in [-0.4, -0.2) is 72.9 Å². The topological polar surface area (TPSA) is 163 Å². The molecule has 4 rings (SSSR count). The van der Waals surface area contributed by atoms with Gasteiger partial charge in [0.05, 0.1) is 31.3 Å². The number of nitrogens with zero attached hydrogens (tertiary/aromatic N) is 3. The maximum Gasteiger partial charge on any atom is 0.407 e. The van der Waals surface area contributed by atoms with Crippen molar-refractivity contribution in [3.05, 3.63) is 54.4 Å². The second kappa shape index (κ2) is 11.0. The van der Waals surface area contributed by atoms with Crippen LogP contribution in [0.25, 0.3) is 10.9 Å². The number of piperidine rings is 1. The van der Waals surface area contributed by atoms with Crippen LogP contribution in [0.5, 0.6) is 5.75 Å². The number of methoxy groups -OCH3 is 1. The third kappa shape index (κ3) is 6.24. The first kappa shape index (κ1) is 26.1.